The molecular weight excluding hydrogens is 250 g/mol. The fourth-order valence-corrected chi connectivity index (χ4v) is 2.89. The molecule has 100 valence electrons. The molecule has 18 heavy (non-hydrogen) atoms. The number of nitrogens with zero attached hydrogens (tertiary/aromatic N) is 1. The van der Waals surface area contributed by atoms with Crippen LogP contribution < -0.4 is 0 Å². The van der Waals surface area contributed by atoms with Crippen molar-refractivity contribution in [3.63, 3.8) is 0 Å². The second-order valence-electron chi connectivity index (χ2n) is 4.20. The van der Waals surface area contributed by atoms with Crippen LogP contribution in [0.3, 0.4) is 0 Å². The van der Waals surface area contributed by atoms with Gasteiger partial charge >= 0.3 is 0 Å². The minimum absolute atomic E-state index is 0.00753. The maximum absolute atomic E-state index is 12.0. The number of ketones is 1. The molecule has 1 aromatic rings. The van der Waals surface area contributed by atoms with Crippen molar-refractivity contribution in [3.8, 4) is 0 Å². The molecule has 0 fully saturated rings. The Morgan fingerprint density at radius 1 is 1.28 bits per heavy atom. The molecule has 1 rings (SSSR count). The summed E-state index contributed by atoms with van der Waals surface area (Å²) in [7, 11) is -3.31. The van der Waals surface area contributed by atoms with Crippen molar-refractivity contribution in [2.24, 2.45) is 0 Å². The van der Waals surface area contributed by atoms with E-state index in [4.69, 9.17) is 0 Å². The molecule has 1 aromatic heterocycles. The first-order valence-electron chi connectivity index (χ1n) is 6.18. The van der Waals surface area contributed by atoms with Crippen molar-refractivity contribution >= 4 is 15.6 Å². The maximum atomic E-state index is 12.0. The van der Waals surface area contributed by atoms with E-state index in [1.54, 1.807) is 19.2 Å². The van der Waals surface area contributed by atoms with Gasteiger partial charge in [-0.1, -0.05) is 13.8 Å². The summed E-state index contributed by atoms with van der Waals surface area (Å²) in [5.74, 6) is 0.110. The molecule has 0 aliphatic heterocycles. The lowest BCUT2D eigenvalue weighted by Gasteiger charge is -2.05. The predicted molar refractivity (Wildman–Crippen MR) is 70.2 cm³/mol. The first-order chi connectivity index (χ1) is 8.49. The van der Waals surface area contributed by atoms with E-state index in [1.165, 1.54) is 6.20 Å². The number of pyridine rings is 1. The lowest BCUT2D eigenvalue weighted by Crippen LogP contribution is -2.09. The quantitative estimate of drug-likeness (QED) is 0.761. The zero-order valence-electron chi connectivity index (χ0n) is 10.8. The summed E-state index contributed by atoms with van der Waals surface area (Å²) in [5, 5.41) is 0. The lowest BCUT2D eigenvalue weighted by atomic mass is 10.2. The van der Waals surface area contributed by atoms with Gasteiger partial charge in [-0.3, -0.25) is 9.78 Å². The van der Waals surface area contributed by atoms with Gasteiger partial charge in [-0.2, -0.15) is 0 Å². The highest BCUT2D eigenvalue weighted by atomic mass is 32.2. The van der Waals surface area contributed by atoms with E-state index in [9.17, 15) is 13.2 Å². The summed E-state index contributed by atoms with van der Waals surface area (Å²) < 4.78 is 24.0. The molecule has 0 aliphatic rings. The summed E-state index contributed by atoms with van der Waals surface area (Å²) in [6.07, 6.45) is 4.97. The normalized spacial score (nSPS) is 11.4. The van der Waals surface area contributed by atoms with Gasteiger partial charge in [0.2, 0.25) is 0 Å². The molecule has 0 aliphatic carbocycles. The summed E-state index contributed by atoms with van der Waals surface area (Å²) in [6.45, 7) is 3.73. The predicted octanol–water partition coefficient (Wildman–Crippen LogP) is 2.18. The molecule has 0 amide bonds. The standard InChI is InChI=1S/C13H19NO3S/c1-3-11-8-13(10-14-9-11)18(16,17)7-5-6-12(15)4-2/h8-10H,3-7H2,1-2H3. The zero-order valence-corrected chi connectivity index (χ0v) is 11.7. The fourth-order valence-electron chi connectivity index (χ4n) is 1.58. The van der Waals surface area contributed by atoms with Gasteiger partial charge in [0.25, 0.3) is 0 Å². The van der Waals surface area contributed by atoms with Gasteiger partial charge in [-0.15, -0.1) is 0 Å². The van der Waals surface area contributed by atoms with E-state index in [0.717, 1.165) is 12.0 Å². The second kappa shape index (κ2) is 6.64. The number of rotatable bonds is 7. The average molecular weight is 269 g/mol. The number of hydrogen-bond acceptors (Lipinski definition) is 4. The van der Waals surface area contributed by atoms with E-state index in [0.29, 0.717) is 19.3 Å². The monoisotopic (exact) mass is 269 g/mol. The second-order valence-corrected chi connectivity index (χ2v) is 6.31. The summed E-state index contributed by atoms with van der Waals surface area (Å²) >= 11 is 0. The number of sulfone groups is 1. The molecule has 0 bridgehead atoms. The van der Waals surface area contributed by atoms with Crippen LogP contribution in [0, 0.1) is 0 Å². The van der Waals surface area contributed by atoms with Crippen LogP contribution in [0.25, 0.3) is 0 Å². The highest BCUT2D eigenvalue weighted by Gasteiger charge is 2.15. The van der Waals surface area contributed by atoms with Crippen LogP contribution in [0.1, 0.15) is 38.7 Å². The molecular formula is C13H19NO3S. The third-order valence-electron chi connectivity index (χ3n) is 2.80. The third-order valence-corrected chi connectivity index (χ3v) is 4.57. The minimum Gasteiger partial charge on any atom is -0.300 e. The van der Waals surface area contributed by atoms with Gasteiger partial charge in [0.15, 0.2) is 9.84 Å². The molecule has 0 atom stereocenters. The smallest absolute Gasteiger partial charge is 0.179 e. The van der Waals surface area contributed by atoms with E-state index in [1.807, 2.05) is 6.92 Å². The highest BCUT2D eigenvalue weighted by molar-refractivity contribution is 7.91. The maximum Gasteiger partial charge on any atom is 0.179 e. The summed E-state index contributed by atoms with van der Waals surface area (Å²) in [6, 6.07) is 1.66. The van der Waals surface area contributed by atoms with Crippen molar-refractivity contribution in [1.82, 2.24) is 4.98 Å². The van der Waals surface area contributed by atoms with Crippen molar-refractivity contribution in [3.05, 3.63) is 24.0 Å². The van der Waals surface area contributed by atoms with Crippen LogP contribution in [0.15, 0.2) is 23.4 Å². The Hall–Kier alpha value is -1.23. The molecule has 0 spiro atoms. The van der Waals surface area contributed by atoms with Crippen LogP contribution in [-0.2, 0) is 21.1 Å². The molecule has 1 heterocycles. The summed E-state index contributed by atoms with van der Waals surface area (Å²) in [4.78, 5) is 15.3. The Morgan fingerprint density at radius 3 is 2.61 bits per heavy atom. The number of aryl methyl sites for hydroxylation is 1. The number of hydrogen-bond donors (Lipinski definition) is 0. The van der Waals surface area contributed by atoms with Crippen molar-refractivity contribution in [1.29, 1.82) is 0 Å². The molecule has 0 saturated carbocycles. The Bertz CT molecular complexity index is 509. The number of carbonyl (C=O) groups excluding carboxylic acids is 1. The molecule has 0 N–H and O–H groups in total. The average Bonchev–Trinajstić information content (AvgIpc) is 2.38. The zero-order chi connectivity index (χ0) is 13.6. The molecule has 0 unspecified atom stereocenters. The molecule has 0 aromatic carbocycles. The Balaban J connectivity index is 2.71. The fraction of sp³-hybridized carbons (Fsp3) is 0.538. The van der Waals surface area contributed by atoms with Gasteiger partial charge in [0.05, 0.1) is 10.6 Å². The van der Waals surface area contributed by atoms with Crippen LogP contribution in [0.2, 0.25) is 0 Å². The molecule has 5 heteroatoms. The largest absolute Gasteiger partial charge is 0.300 e. The van der Waals surface area contributed by atoms with Crippen molar-refractivity contribution in [2.45, 2.75) is 44.4 Å². The third kappa shape index (κ3) is 4.22. The van der Waals surface area contributed by atoms with Crippen LogP contribution in [0.4, 0.5) is 0 Å². The van der Waals surface area contributed by atoms with E-state index < -0.39 is 9.84 Å². The first-order valence-corrected chi connectivity index (χ1v) is 7.83. The molecule has 0 saturated heterocycles. The number of aromatic nitrogens is 1. The van der Waals surface area contributed by atoms with Gasteiger partial charge < -0.3 is 0 Å². The first kappa shape index (κ1) is 14.8. The SMILES string of the molecule is CCC(=O)CCCS(=O)(=O)c1cncc(CC)c1. The van der Waals surface area contributed by atoms with E-state index in [-0.39, 0.29) is 16.4 Å². The highest BCUT2D eigenvalue weighted by Crippen LogP contribution is 2.14. The Labute approximate surface area is 108 Å². The van der Waals surface area contributed by atoms with E-state index in [2.05, 4.69) is 4.98 Å². The molecule has 4 nitrogen and oxygen atoms in total. The van der Waals surface area contributed by atoms with Gasteiger partial charge in [-0.05, 0) is 24.5 Å². The summed E-state index contributed by atoms with van der Waals surface area (Å²) in [5.41, 5.74) is 0.903. The van der Waals surface area contributed by atoms with Gasteiger partial charge in [0.1, 0.15) is 5.78 Å². The number of Topliss-reactive ketones (excluding diaryl/α,β-unsaturated/α-hetero) is 1. The van der Waals surface area contributed by atoms with Crippen LogP contribution >= 0.6 is 0 Å². The number of carbonyl (C=O) groups is 1. The Kier molecular flexibility index (Phi) is 5.47. The lowest BCUT2D eigenvalue weighted by molar-refractivity contribution is -0.118. The Morgan fingerprint density at radius 2 is 2.00 bits per heavy atom. The van der Waals surface area contributed by atoms with Gasteiger partial charge in [-0.25, -0.2) is 8.42 Å². The minimum atomic E-state index is -3.31. The topological polar surface area (TPSA) is 64.1 Å². The molecule has 0 radical (unpaired) electrons. The van der Waals surface area contributed by atoms with Crippen LogP contribution in [-0.4, -0.2) is 24.9 Å². The van der Waals surface area contributed by atoms with Gasteiger partial charge in [0, 0.05) is 25.2 Å². The van der Waals surface area contributed by atoms with Crippen molar-refractivity contribution < 1.29 is 13.2 Å². The van der Waals surface area contributed by atoms with E-state index >= 15 is 0 Å². The van der Waals surface area contributed by atoms with Crippen molar-refractivity contribution in [2.75, 3.05) is 5.75 Å². The van der Waals surface area contributed by atoms with Crippen LogP contribution in [0.5, 0.6) is 0 Å².